The van der Waals surface area contributed by atoms with E-state index in [0.29, 0.717) is 55.4 Å². The Balaban J connectivity index is 0.000000306. The van der Waals surface area contributed by atoms with E-state index in [1.54, 1.807) is 29.5 Å². The summed E-state index contributed by atoms with van der Waals surface area (Å²) in [5.41, 5.74) is 6.71. The molecule has 63 heavy (non-hydrogen) atoms. The number of benzene rings is 2. The van der Waals surface area contributed by atoms with Crippen LogP contribution in [-0.2, 0) is 6.42 Å². The van der Waals surface area contributed by atoms with E-state index in [-0.39, 0.29) is 17.7 Å². The van der Waals surface area contributed by atoms with Crippen molar-refractivity contribution in [3.05, 3.63) is 159 Å². The number of aliphatic hydroxyl groups is 1. The Hall–Kier alpha value is -5.48. The number of likely N-dealkylation sites (tertiary alicyclic amines) is 1. The molecule has 2 fully saturated rings. The van der Waals surface area contributed by atoms with Crippen molar-refractivity contribution in [2.45, 2.75) is 97.6 Å². The number of hydrogen-bond acceptors (Lipinski definition) is 8. The van der Waals surface area contributed by atoms with E-state index in [4.69, 9.17) is 10.1 Å². The number of phenols is 1. The Kier molecular flexibility index (Phi) is 15.5. The Morgan fingerprint density at radius 1 is 1.02 bits per heavy atom. The summed E-state index contributed by atoms with van der Waals surface area (Å²) < 4.78 is 43.3. The molecule has 0 spiro atoms. The van der Waals surface area contributed by atoms with Gasteiger partial charge in [0.25, 0.3) is 0 Å². The lowest BCUT2D eigenvalue weighted by molar-refractivity contribution is -0.0213. The van der Waals surface area contributed by atoms with E-state index < -0.39 is 11.4 Å². The van der Waals surface area contributed by atoms with Crippen LogP contribution in [0.3, 0.4) is 0 Å². The number of hydrogen-bond donors (Lipinski definition) is 2. The molecule has 0 amide bonds. The van der Waals surface area contributed by atoms with Crippen LogP contribution in [0.1, 0.15) is 108 Å². The van der Waals surface area contributed by atoms with Gasteiger partial charge in [0.05, 0.1) is 11.3 Å². The van der Waals surface area contributed by atoms with Crippen LogP contribution in [0.25, 0.3) is 5.00 Å². The maximum atomic E-state index is 16.0. The summed E-state index contributed by atoms with van der Waals surface area (Å²) in [5.74, 6) is 1.12. The van der Waals surface area contributed by atoms with E-state index in [2.05, 4.69) is 70.6 Å². The number of aryl methyl sites for hydroxylation is 4. The van der Waals surface area contributed by atoms with E-state index in [9.17, 15) is 13.9 Å². The van der Waals surface area contributed by atoms with Crippen molar-refractivity contribution < 1.29 is 23.4 Å². The third-order valence-electron chi connectivity index (χ3n) is 12.2. The van der Waals surface area contributed by atoms with Gasteiger partial charge in [-0.2, -0.15) is 4.39 Å². The number of allylic oxidation sites excluding steroid dienone is 4. The fourth-order valence-electron chi connectivity index (χ4n) is 8.59. The van der Waals surface area contributed by atoms with Crippen LogP contribution < -0.4 is 4.90 Å². The number of thiophene rings is 1. The zero-order valence-electron chi connectivity index (χ0n) is 37.3. The fraction of sp³-hybridized carbons (Fsp3) is 0.392. The predicted octanol–water partition coefficient (Wildman–Crippen LogP) is 11.1. The maximum absolute atomic E-state index is 16.0. The normalized spacial score (nSPS) is 17.3. The highest BCUT2D eigenvalue weighted by atomic mass is 32.1. The zero-order chi connectivity index (χ0) is 45.4. The lowest BCUT2D eigenvalue weighted by atomic mass is 9.87. The van der Waals surface area contributed by atoms with E-state index in [0.717, 1.165) is 82.7 Å². The van der Waals surface area contributed by atoms with Crippen LogP contribution in [-0.4, -0.2) is 73.9 Å². The van der Waals surface area contributed by atoms with Crippen molar-refractivity contribution in [3.63, 3.8) is 0 Å². The largest absolute Gasteiger partial charge is 0.508 e. The number of anilines is 1. The first-order valence-corrected chi connectivity index (χ1v) is 22.5. The first kappa shape index (κ1) is 47.0. The topological polar surface area (TPSA) is 90.0 Å². The Morgan fingerprint density at radius 3 is 2.37 bits per heavy atom. The van der Waals surface area contributed by atoms with Gasteiger partial charge < -0.3 is 20.0 Å². The van der Waals surface area contributed by atoms with Gasteiger partial charge in [0.15, 0.2) is 11.6 Å². The highest BCUT2D eigenvalue weighted by Crippen LogP contribution is 2.40. The Morgan fingerprint density at radius 2 is 1.75 bits per heavy atom. The van der Waals surface area contributed by atoms with Crippen molar-refractivity contribution in [2.24, 2.45) is 4.99 Å². The lowest BCUT2D eigenvalue weighted by Crippen LogP contribution is -2.52. The summed E-state index contributed by atoms with van der Waals surface area (Å²) in [5, 5.41) is 30.3. The minimum absolute atomic E-state index is 0.274. The lowest BCUT2D eigenvalue weighted by Gasteiger charge is -2.43. The smallest absolute Gasteiger partial charge is 0.173 e. The van der Waals surface area contributed by atoms with Gasteiger partial charge in [-0.05, 0) is 163 Å². The molecule has 332 valence electrons. The van der Waals surface area contributed by atoms with Crippen LogP contribution in [0.2, 0.25) is 0 Å². The first-order chi connectivity index (χ1) is 30.1. The monoisotopic (exact) mass is 876 g/mol. The van der Waals surface area contributed by atoms with Crippen LogP contribution >= 0.6 is 11.3 Å². The molecule has 0 radical (unpaired) electrons. The average Bonchev–Trinajstić information content (AvgIpc) is 3.74. The van der Waals surface area contributed by atoms with E-state index in [1.165, 1.54) is 29.4 Å². The molecule has 0 bridgehead atoms. The SMILES string of the molecule is C=C/C=C\C(=C)F.CCCc1ccc(O)cc1C.Cc1sc2c(c1C)C(c1ccc(N3CCC(O)(CN4CCC(c5cc#cc(F)c5)CC4)CC3)cc1F)=N[C@@H](C)c1nnc(C)n1-2. The van der Waals surface area contributed by atoms with Crippen LogP contribution in [0.15, 0.2) is 90.7 Å². The number of rotatable bonds is 9. The molecule has 0 aliphatic carbocycles. The average molecular weight is 877 g/mol. The molecule has 1 atom stereocenters. The molecule has 2 saturated heterocycles. The number of piperidine rings is 2. The first-order valence-electron chi connectivity index (χ1n) is 21.7. The van der Waals surface area contributed by atoms with Crippen LogP contribution in [0.5, 0.6) is 5.75 Å². The number of β-amino-alcohol motifs (C(OH)–C–C–N with tert-alkyl or cyclic N) is 1. The summed E-state index contributed by atoms with van der Waals surface area (Å²) in [4.78, 5) is 10.7. The molecule has 0 unspecified atom stereocenters. The summed E-state index contributed by atoms with van der Waals surface area (Å²) in [7, 11) is 0. The fourth-order valence-corrected chi connectivity index (χ4v) is 9.80. The second-order valence-corrected chi connectivity index (χ2v) is 18.0. The third-order valence-corrected chi connectivity index (χ3v) is 13.4. The van der Waals surface area contributed by atoms with E-state index in [1.807, 2.05) is 51.1 Å². The van der Waals surface area contributed by atoms with Gasteiger partial charge in [0.2, 0.25) is 0 Å². The second-order valence-electron chi connectivity index (χ2n) is 16.8. The van der Waals surface area contributed by atoms with E-state index >= 15 is 4.39 Å². The summed E-state index contributed by atoms with van der Waals surface area (Å²) in [6, 6.07) is 19.4. The maximum Gasteiger partial charge on any atom is 0.173 e. The molecule has 0 saturated carbocycles. The standard InChI is InChI=1S/C35H38F2N6OS.C10H14O.C6H7F/c1-21-23(3)45-34-31(21)32(38-22(2)33-40-39-24(4)43(33)34)29-9-8-28(19-30(29)37)42-16-12-35(44,13-17-42)20-41-14-10-25(11-15-41)26-6-5-7-27(36)18-26;1-3-4-9-5-6-10(11)7-8(9)2;1-3-4-5-6(2)7/h6,8-9,18-19,22,25,44H,10-17,20H2,1-4H3;5-7,11H,3-4H2,1-2H3;3-5H,1-2H2/b;;5-4-/t22-;;/m0../s1. The van der Waals surface area contributed by atoms with Gasteiger partial charge >= 0.3 is 0 Å². The second kappa shape index (κ2) is 20.8. The molecule has 5 aromatic rings. The van der Waals surface area contributed by atoms with Gasteiger partial charge in [-0.15, -0.1) is 21.5 Å². The molecule has 2 N–H and O–H groups in total. The molecule has 3 aromatic carbocycles. The molecular formula is C51H59F3N6O2S. The number of fused-ring (bicyclic) bond motifs is 3. The molecule has 5 heterocycles. The highest BCUT2D eigenvalue weighted by molar-refractivity contribution is 7.15. The zero-order valence-corrected chi connectivity index (χ0v) is 38.1. The minimum Gasteiger partial charge on any atom is -0.508 e. The van der Waals surface area contributed by atoms with Crippen molar-refractivity contribution in [1.82, 2.24) is 19.7 Å². The molecule has 8 nitrogen and oxygen atoms in total. The van der Waals surface area contributed by atoms with Gasteiger partial charge in [0.1, 0.15) is 34.3 Å². The number of aromatic hydroxyl groups is 1. The minimum atomic E-state index is -0.781. The van der Waals surface area contributed by atoms with Crippen molar-refractivity contribution >= 4 is 22.7 Å². The molecule has 8 rings (SSSR count). The summed E-state index contributed by atoms with van der Waals surface area (Å²) in [6.45, 7) is 22.3. The highest BCUT2D eigenvalue weighted by Gasteiger charge is 2.36. The number of halogens is 3. The number of phenolic OH excluding ortho intramolecular Hbond substituents is 1. The molecule has 12 heteroatoms. The van der Waals surface area contributed by atoms with Crippen LogP contribution in [0.4, 0.5) is 18.9 Å². The molecule has 3 aliphatic heterocycles. The van der Waals surface area contributed by atoms with Gasteiger partial charge in [-0.1, -0.05) is 50.8 Å². The molecular weight excluding hydrogens is 818 g/mol. The van der Waals surface area contributed by atoms with Gasteiger partial charge in [-0.3, -0.25) is 9.56 Å². The van der Waals surface area contributed by atoms with Crippen molar-refractivity contribution in [2.75, 3.05) is 37.6 Å². The molecule has 3 aliphatic rings. The summed E-state index contributed by atoms with van der Waals surface area (Å²) in [6.07, 6.45) is 9.58. The Labute approximate surface area is 374 Å². The van der Waals surface area contributed by atoms with Crippen LogP contribution in [0, 0.1) is 51.5 Å². The molecule has 2 aromatic heterocycles. The number of nitrogens with zero attached hydrogens (tertiary/aromatic N) is 6. The Bertz CT molecular complexity index is 2460. The summed E-state index contributed by atoms with van der Waals surface area (Å²) >= 11 is 1.66. The predicted molar refractivity (Wildman–Crippen MR) is 249 cm³/mol. The quantitative estimate of drug-likeness (QED) is 0.143. The van der Waals surface area contributed by atoms with Gasteiger partial charge in [-0.25, -0.2) is 8.78 Å². The van der Waals surface area contributed by atoms with Crippen molar-refractivity contribution in [1.29, 1.82) is 0 Å². The third kappa shape index (κ3) is 11.4. The number of aliphatic imine (C=N–C) groups is 1. The van der Waals surface area contributed by atoms with Crippen molar-refractivity contribution in [3.8, 4) is 10.8 Å². The van der Waals surface area contributed by atoms with Gasteiger partial charge in [0, 0.05) is 41.3 Å². The number of aromatic nitrogens is 3.